The van der Waals surface area contributed by atoms with E-state index in [0.29, 0.717) is 11.6 Å². The van der Waals surface area contributed by atoms with E-state index in [0.717, 1.165) is 70.3 Å². The highest BCUT2D eigenvalue weighted by atomic mass is 127. The van der Waals surface area contributed by atoms with Crippen LogP contribution in [0.3, 0.4) is 0 Å². The number of allylic oxidation sites excluding steroid dienone is 3. The standard InChI is InChI=1S/C35H26Cl2IN3/c1-5-18-41-29-9-7-6-8-26(29)27-19-23(11-17-30(27)41)10-16-28-33(37)21(3)35(40-28)31(24-12-14-25(38)15-13-24)34-20(2)32(36)22(4)39-34/h1,6-17,19,39H,18H2,2-4H3/b16-10+,35-31+. The first-order valence-corrected chi connectivity index (χ1v) is 15.1. The molecule has 0 saturated carbocycles. The van der Waals surface area contributed by atoms with Crippen molar-refractivity contribution in [3.8, 4) is 12.3 Å². The van der Waals surface area contributed by atoms with E-state index >= 15 is 0 Å². The summed E-state index contributed by atoms with van der Waals surface area (Å²) in [7, 11) is 0. The van der Waals surface area contributed by atoms with Gasteiger partial charge in [0.05, 0.1) is 39.2 Å². The molecule has 3 nitrogen and oxygen atoms in total. The summed E-state index contributed by atoms with van der Waals surface area (Å²) in [6, 6.07) is 23.2. The molecule has 3 aromatic carbocycles. The van der Waals surface area contributed by atoms with Gasteiger partial charge in [-0.15, -0.1) is 6.42 Å². The second kappa shape index (κ2) is 11.1. The quantitative estimate of drug-likeness (QED) is 0.141. The van der Waals surface area contributed by atoms with Gasteiger partial charge in [0.25, 0.3) is 0 Å². The van der Waals surface area contributed by atoms with Crippen molar-refractivity contribution in [1.29, 1.82) is 0 Å². The van der Waals surface area contributed by atoms with Crippen LogP contribution in [0.4, 0.5) is 0 Å². The lowest BCUT2D eigenvalue weighted by molar-refractivity contribution is 0.924. The number of rotatable bonds is 5. The summed E-state index contributed by atoms with van der Waals surface area (Å²) in [5.74, 6) is 2.79. The van der Waals surface area contributed by atoms with Crippen LogP contribution in [0, 0.1) is 29.8 Å². The SMILES string of the molecule is C#CCn1c2ccccc2c2cc(/C=C/C3=NC(=C(\c4ccc(I)cc4)c4[nH]c(C)c(Cl)c4C)/C(C)=C3Cl)ccc21. The molecule has 1 aliphatic rings. The molecule has 202 valence electrons. The van der Waals surface area contributed by atoms with E-state index in [-0.39, 0.29) is 0 Å². The predicted octanol–water partition coefficient (Wildman–Crippen LogP) is 10.1. The van der Waals surface area contributed by atoms with Gasteiger partial charge in [-0.05, 0) is 102 Å². The number of H-pyrrole nitrogens is 1. The van der Waals surface area contributed by atoms with Crippen LogP contribution in [0.2, 0.25) is 5.02 Å². The van der Waals surface area contributed by atoms with Gasteiger partial charge in [-0.25, -0.2) is 4.99 Å². The number of fused-ring (bicyclic) bond motifs is 3. The lowest BCUT2D eigenvalue weighted by Crippen LogP contribution is -1.96. The van der Waals surface area contributed by atoms with Crippen LogP contribution < -0.4 is 0 Å². The van der Waals surface area contributed by atoms with E-state index in [1.807, 2.05) is 32.9 Å². The molecule has 0 atom stereocenters. The molecule has 0 spiro atoms. The zero-order valence-corrected chi connectivity index (χ0v) is 26.5. The molecule has 1 aliphatic heterocycles. The minimum absolute atomic E-state index is 0.527. The Bertz CT molecular complexity index is 2030. The summed E-state index contributed by atoms with van der Waals surface area (Å²) in [6.07, 6.45) is 9.74. The van der Waals surface area contributed by atoms with Gasteiger partial charge in [-0.2, -0.15) is 0 Å². The number of aromatic amines is 1. The van der Waals surface area contributed by atoms with Gasteiger partial charge in [0.1, 0.15) is 0 Å². The number of para-hydroxylation sites is 1. The summed E-state index contributed by atoms with van der Waals surface area (Å²) in [5, 5.41) is 3.72. The second-order valence-electron chi connectivity index (χ2n) is 10.1. The van der Waals surface area contributed by atoms with Crippen molar-refractivity contribution in [3.05, 3.63) is 126 Å². The Morgan fingerprint density at radius 1 is 0.976 bits per heavy atom. The number of aromatic nitrogens is 2. The highest BCUT2D eigenvalue weighted by Crippen LogP contribution is 2.40. The van der Waals surface area contributed by atoms with Gasteiger partial charge in [-0.3, -0.25) is 0 Å². The van der Waals surface area contributed by atoms with Crippen molar-refractivity contribution in [3.63, 3.8) is 0 Å². The maximum absolute atomic E-state index is 6.93. The molecule has 0 saturated heterocycles. The Hall–Kier alpha value is -3.50. The zero-order valence-electron chi connectivity index (χ0n) is 22.8. The molecule has 0 radical (unpaired) electrons. The molecular weight excluding hydrogens is 660 g/mol. The van der Waals surface area contributed by atoms with E-state index in [1.165, 1.54) is 10.8 Å². The normalized spacial score (nSPS) is 14.9. The molecule has 6 heteroatoms. The molecular formula is C35H26Cl2IN3. The van der Waals surface area contributed by atoms with Crippen LogP contribution in [-0.2, 0) is 6.54 Å². The van der Waals surface area contributed by atoms with Crippen LogP contribution in [-0.4, -0.2) is 15.3 Å². The topological polar surface area (TPSA) is 33.1 Å². The molecule has 1 N–H and O–H groups in total. The zero-order chi connectivity index (χ0) is 28.8. The molecule has 0 fully saturated rings. The number of benzene rings is 3. The summed E-state index contributed by atoms with van der Waals surface area (Å²) >= 11 is 15.9. The number of hydrogen-bond donors (Lipinski definition) is 1. The highest BCUT2D eigenvalue weighted by molar-refractivity contribution is 14.1. The Balaban J connectivity index is 1.46. The average molecular weight is 686 g/mol. The fourth-order valence-corrected chi connectivity index (χ4v) is 6.20. The molecule has 0 unspecified atom stereocenters. The van der Waals surface area contributed by atoms with Crippen molar-refractivity contribution in [1.82, 2.24) is 9.55 Å². The van der Waals surface area contributed by atoms with Crippen LogP contribution in [0.15, 0.2) is 94.1 Å². The first-order chi connectivity index (χ1) is 19.8. The summed E-state index contributed by atoms with van der Waals surface area (Å²) in [6.45, 7) is 6.56. The van der Waals surface area contributed by atoms with Crippen LogP contribution in [0.25, 0.3) is 33.5 Å². The molecule has 3 heterocycles. The average Bonchev–Trinajstić information content (AvgIpc) is 3.54. The van der Waals surface area contributed by atoms with Gasteiger partial charge in [0.15, 0.2) is 0 Å². The minimum atomic E-state index is 0.527. The maximum atomic E-state index is 6.93. The Kier molecular flexibility index (Phi) is 7.46. The van der Waals surface area contributed by atoms with E-state index in [2.05, 4.69) is 105 Å². The van der Waals surface area contributed by atoms with E-state index < -0.39 is 0 Å². The maximum Gasteiger partial charge on any atom is 0.0841 e. The number of nitrogens with zero attached hydrogens (tertiary/aromatic N) is 2. The minimum Gasteiger partial charge on any atom is -0.357 e. The third kappa shape index (κ3) is 4.86. The van der Waals surface area contributed by atoms with E-state index in [1.54, 1.807) is 0 Å². The van der Waals surface area contributed by atoms with Crippen LogP contribution in [0.1, 0.15) is 35.0 Å². The van der Waals surface area contributed by atoms with Gasteiger partial charge >= 0.3 is 0 Å². The summed E-state index contributed by atoms with van der Waals surface area (Å²) in [4.78, 5) is 8.57. The third-order valence-corrected chi connectivity index (χ3v) is 9.35. The van der Waals surface area contributed by atoms with Crippen molar-refractivity contribution < 1.29 is 0 Å². The number of terminal acetylenes is 1. The van der Waals surface area contributed by atoms with E-state index in [9.17, 15) is 0 Å². The largest absolute Gasteiger partial charge is 0.357 e. The van der Waals surface area contributed by atoms with E-state index in [4.69, 9.17) is 34.6 Å². The first kappa shape index (κ1) is 27.7. The fourth-order valence-electron chi connectivity index (χ4n) is 5.51. The molecule has 0 aliphatic carbocycles. The first-order valence-electron chi connectivity index (χ1n) is 13.2. The predicted molar refractivity (Wildman–Crippen MR) is 184 cm³/mol. The third-order valence-electron chi connectivity index (χ3n) is 7.59. The number of aryl methyl sites for hydroxylation is 1. The lowest BCUT2D eigenvalue weighted by atomic mass is 9.96. The highest BCUT2D eigenvalue weighted by Gasteiger charge is 2.25. The fraction of sp³-hybridized carbons (Fsp3) is 0.114. The molecule has 0 bridgehead atoms. The van der Waals surface area contributed by atoms with Crippen LogP contribution >= 0.6 is 45.8 Å². The molecule has 2 aromatic heterocycles. The number of hydrogen-bond acceptors (Lipinski definition) is 1. The van der Waals surface area contributed by atoms with Gasteiger partial charge in [0.2, 0.25) is 0 Å². The van der Waals surface area contributed by atoms with Crippen molar-refractivity contribution in [2.75, 3.05) is 0 Å². The Morgan fingerprint density at radius 3 is 2.41 bits per heavy atom. The number of nitrogens with one attached hydrogen (secondary N) is 1. The summed E-state index contributed by atoms with van der Waals surface area (Å²) < 4.78 is 3.35. The van der Waals surface area contributed by atoms with Gasteiger partial charge in [0, 0.05) is 31.1 Å². The smallest absolute Gasteiger partial charge is 0.0841 e. The number of halogens is 3. The second-order valence-corrected chi connectivity index (χ2v) is 12.1. The van der Waals surface area contributed by atoms with Crippen LogP contribution in [0.5, 0.6) is 0 Å². The lowest BCUT2D eigenvalue weighted by Gasteiger charge is -2.12. The van der Waals surface area contributed by atoms with Crippen molar-refractivity contribution in [2.24, 2.45) is 4.99 Å². The molecule has 0 amide bonds. The van der Waals surface area contributed by atoms with Crippen molar-refractivity contribution in [2.45, 2.75) is 27.3 Å². The summed E-state index contributed by atoms with van der Waals surface area (Å²) in [5.41, 5.74) is 10.7. The Morgan fingerprint density at radius 2 is 1.71 bits per heavy atom. The molecule has 41 heavy (non-hydrogen) atoms. The Labute approximate surface area is 263 Å². The van der Waals surface area contributed by atoms with Gasteiger partial charge in [-0.1, -0.05) is 71.6 Å². The van der Waals surface area contributed by atoms with Crippen molar-refractivity contribution >= 4 is 85.0 Å². The monoisotopic (exact) mass is 685 g/mol. The van der Waals surface area contributed by atoms with Gasteiger partial charge < -0.3 is 9.55 Å². The molecule has 6 rings (SSSR count). The number of aliphatic imine (C=N–C) groups is 1. The molecule has 5 aromatic rings.